The van der Waals surface area contributed by atoms with Gasteiger partial charge in [0.15, 0.2) is 0 Å². The Balaban J connectivity index is 0.000000227. The lowest BCUT2D eigenvalue weighted by Gasteiger charge is -2.39. The second kappa shape index (κ2) is 45.8. The quantitative estimate of drug-likeness (QED) is 0.0134. The van der Waals surface area contributed by atoms with E-state index in [4.69, 9.17) is 12.2 Å². The van der Waals surface area contributed by atoms with Crippen LogP contribution in [0.3, 0.4) is 0 Å². The number of hydrogen-bond donors (Lipinski definition) is 11. The van der Waals surface area contributed by atoms with E-state index in [-0.39, 0.29) is 171 Å². The topological polar surface area (TPSA) is 524 Å². The van der Waals surface area contributed by atoms with Crippen LogP contribution in [0.4, 0.5) is 9.59 Å². The van der Waals surface area contributed by atoms with Crippen molar-refractivity contribution in [3.63, 3.8) is 0 Å². The van der Waals surface area contributed by atoms with Crippen molar-refractivity contribution in [3.05, 3.63) is 60.7 Å². The van der Waals surface area contributed by atoms with E-state index < -0.39 is 205 Å². The Morgan fingerprint density at radius 3 is 1.06 bits per heavy atom. The van der Waals surface area contributed by atoms with Crippen LogP contribution in [-0.2, 0) is 81.5 Å². The van der Waals surface area contributed by atoms with Gasteiger partial charge in [0.1, 0.15) is 36.3 Å². The predicted octanol–water partition coefficient (Wildman–Crippen LogP) is 7.28. The van der Waals surface area contributed by atoms with Crippen molar-refractivity contribution < 1.29 is 101 Å². The standard InChI is InChI=1S/C40H53N5O7.C36H56N6O7.C34H54N6O7/c1-11-13-18-27(31(47)34(49)41-19-12-2)42-33(48)30-29-26(40(29,9)10)22-44(30)37(52)32(39(6,7)8)43-28(46)20-23(38(3,4)5)21-45-35(50)24-16-14-15-17-25(24)36(45)51;1-10-16-37-31(47)28(45)22(17-20-14-15-20)38-30(46)27-26-21(36(26,8)9)18-42(27)32(48)29(35(5,6)7)40-33(49)39-23(34(2,3)4)19-41-24(43)12-11-13-25(41)44;1-32(2,3)21(17-39-22(41)13-10-14-23(39)42)37-31(47)38-27(33(4,5)6)30(46)40-16-19-24(34(19,7)8)25(40)29(45)36-20(26(43)28(35)44)15-18-11-9-12-18/h1,12,14-17,23,26-27,29-30,32H,2,13,18-22H2,3-10H3,(H,41,49)(H,42,48)(H,43,46);10,20-23,26-27,29H,1,11-19H2,2-9H3,(H,37,47)(H,38,46)(H2,39,40,49);18-21,24-25,27H,9-17H2,1-8H3,(H2,35,44)(H,36,45)(H2,37,38,47)/t23-,26+,27?,29+,30+,32-;21-,22?,23+,26-,27-,29+;19-,20?,21+,24-,25-,27+/m100/s1. The van der Waals surface area contributed by atoms with Gasteiger partial charge in [0.2, 0.25) is 82.3 Å². The number of piperidine rings is 5. The molecule has 1 aromatic rings. The molecule has 38 nitrogen and oxygen atoms in total. The van der Waals surface area contributed by atoms with E-state index in [1.54, 1.807) is 24.3 Å². The lowest BCUT2D eigenvalue weighted by molar-refractivity contribution is -0.150. The van der Waals surface area contributed by atoms with Crippen molar-refractivity contribution in [2.45, 2.75) is 335 Å². The third kappa shape index (κ3) is 27.4. The van der Waals surface area contributed by atoms with Crippen LogP contribution in [0.2, 0.25) is 0 Å². The molecule has 0 spiro atoms. The van der Waals surface area contributed by atoms with Gasteiger partial charge >= 0.3 is 12.1 Å². The molecule has 1 aromatic carbocycles. The monoisotopic (exact) mass is 2060 g/mol. The minimum Gasteiger partial charge on any atom is -0.363 e. The number of primary amides is 1. The number of rotatable bonds is 38. The van der Waals surface area contributed by atoms with Gasteiger partial charge in [-0.1, -0.05) is 223 Å². The first-order valence-corrected chi connectivity index (χ1v) is 52.5. The Labute approximate surface area is 871 Å². The number of benzene rings is 1. The Hall–Kier alpha value is -12.1. The molecule has 5 saturated heterocycles. The van der Waals surface area contributed by atoms with E-state index in [1.165, 1.54) is 41.6 Å². The highest BCUT2D eigenvalue weighted by Gasteiger charge is 2.73. The first kappa shape index (κ1) is 118. The molecule has 10 fully saturated rings. The summed E-state index contributed by atoms with van der Waals surface area (Å²) in [7, 11) is 0. The first-order chi connectivity index (χ1) is 68.5. The van der Waals surface area contributed by atoms with Gasteiger partial charge in [-0.05, 0) is 146 Å². The van der Waals surface area contributed by atoms with Crippen molar-refractivity contribution in [1.29, 1.82) is 0 Å². The van der Waals surface area contributed by atoms with Crippen LogP contribution in [0, 0.1) is 114 Å². The summed E-state index contributed by atoms with van der Waals surface area (Å²) >= 11 is 0. The van der Waals surface area contributed by atoms with Crippen LogP contribution in [0.15, 0.2) is 49.6 Å². The molecule has 11 aliphatic rings. The second-order valence-electron chi connectivity index (χ2n) is 50.8. The number of ketones is 3. The second-order valence-corrected chi connectivity index (χ2v) is 50.8. The predicted molar refractivity (Wildman–Crippen MR) is 551 cm³/mol. The molecule has 18 atom stereocenters. The summed E-state index contributed by atoms with van der Waals surface area (Å²) in [5.74, 6) is -8.27. The number of urea groups is 2. The molecule has 814 valence electrons. The maximum Gasteiger partial charge on any atom is 0.315 e. The van der Waals surface area contributed by atoms with E-state index in [0.29, 0.717) is 49.9 Å². The average molecular weight is 2060 g/mol. The summed E-state index contributed by atoms with van der Waals surface area (Å²) in [5.41, 5.74) is 1.48. The van der Waals surface area contributed by atoms with E-state index in [0.717, 1.165) is 32.1 Å². The number of fused-ring (bicyclic) bond motifs is 4. The maximum atomic E-state index is 14.5. The number of terminal acetylenes is 1. The zero-order chi connectivity index (χ0) is 111. The molecule has 6 heterocycles. The minimum absolute atomic E-state index is 0.0155. The van der Waals surface area contributed by atoms with Crippen molar-refractivity contribution in [2.24, 2.45) is 108 Å². The van der Waals surface area contributed by atoms with Crippen LogP contribution in [0.5, 0.6) is 0 Å². The highest BCUT2D eigenvalue weighted by Crippen LogP contribution is 2.67. The van der Waals surface area contributed by atoms with E-state index in [2.05, 4.69) is 86.1 Å². The van der Waals surface area contributed by atoms with Crippen molar-refractivity contribution in [3.8, 4) is 12.3 Å². The molecule has 0 aromatic heterocycles. The highest BCUT2D eigenvalue weighted by atomic mass is 16.2. The van der Waals surface area contributed by atoms with Crippen LogP contribution >= 0.6 is 0 Å². The molecular formula is C110H163N17O21. The SMILES string of the molecule is C#CCCC(NC(=O)[C@@H]1[C@@H]2[C@H](CN1C(=O)[C@@H](NC(=O)C[C@H](CN1C(=O)c3ccccc3C1=O)C(C)(C)C)C(C)(C)C)C2(C)C)C(=O)C(=O)NCC=C.C=CCNC(=O)C(=O)C(CC1CC1)NC(=O)[C@@H]1[C@@H]2[C@H](CN1C(=O)[C@@H](NC(=O)N[C@H](CN1C(=O)CCCC1=O)C(C)(C)C)C(C)(C)C)C2(C)C.CC(C)(C)[C@H](NC(=O)N[C@H](CN1C(=O)CCCC1=O)C(C)(C)C)C(=O)N1C[C@H]2[C@@H]([C@H]1C(=O)NC(CC1CCC1)C(=O)C(N)=O)C2(C)C. The Morgan fingerprint density at radius 2 is 0.757 bits per heavy atom. The number of carbonyl (C=O) groups is 21. The Morgan fingerprint density at radius 1 is 0.426 bits per heavy atom. The number of amides is 20. The molecule has 3 unspecified atom stereocenters. The van der Waals surface area contributed by atoms with Crippen molar-refractivity contribution in [1.82, 2.24) is 82.6 Å². The van der Waals surface area contributed by atoms with Gasteiger partial charge in [0.05, 0.1) is 41.3 Å². The maximum absolute atomic E-state index is 14.5. The number of carbonyl (C=O) groups excluding carboxylic acids is 21. The fourth-order valence-electron chi connectivity index (χ4n) is 22.2. The number of nitrogens with one attached hydrogen (secondary N) is 10. The summed E-state index contributed by atoms with van der Waals surface area (Å²) in [6, 6.07) is -4.90. The molecule has 12 rings (SSSR count). The lowest BCUT2D eigenvalue weighted by Crippen LogP contribution is -2.63. The normalized spacial score (nSPS) is 24.2. The number of nitrogens with two attached hydrogens (primary N) is 1. The van der Waals surface area contributed by atoms with Gasteiger partial charge in [-0.2, -0.15) is 0 Å². The van der Waals surface area contributed by atoms with E-state index in [1.807, 2.05) is 152 Å². The number of likely N-dealkylation sites (tertiary alicyclic amines) is 5. The number of nitrogens with zero attached hydrogens (tertiary/aromatic N) is 6. The number of hydrogen-bond acceptors (Lipinski definition) is 21. The summed E-state index contributed by atoms with van der Waals surface area (Å²) in [6.07, 6.45) is 15.9. The van der Waals surface area contributed by atoms with Crippen LogP contribution in [-0.4, -0.2) is 272 Å². The van der Waals surface area contributed by atoms with Gasteiger partial charge in [-0.25, -0.2) is 9.59 Å². The molecule has 20 amide bonds. The number of imide groups is 3. The van der Waals surface area contributed by atoms with Gasteiger partial charge in [0.25, 0.3) is 29.5 Å². The van der Waals surface area contributed by atoms with Crippen LogP contribution in [0.25, 0.3) is 0 Å². The van der Waals surface area contributed by atoms with E-state index >= 15 is 0 Å². The Kier molecular flexibility index (Phi) is 36.4. The van der Waals surface area contributed by atoms with Crippen molar-refractivity contribution >= 4 is 124 Å². The zero-order valence-corrected chi connectivity index (χ0v) is 91.3. The fraction of sp³-hybridized carbons (Fsp3) is 0.700. The van der Waals surface area contributed by atoms with Gasteiger partial charge in [0, 0.05) is 90.9 Å². The molecule has 0 radical (unpaired) electrons. The van der Waals surface area contributed by atoms with Gasteiger partial charge in [-0.15, -0.1) is 25.5 Å². The molecule has 6 aliphatic heterocycles. The molecule has 0 bridgehead atoms. The fourth-order valence-corrected chi connectivity index (χ4v) is 22.2. The van der Waals surface area contributed by atoms with Crippen molar-refractivity contribution in [2.75, 3.05) is 52.4 Å². The van der Waals surface area contributed by atoms with Crippen LogP contribution in [0.1, 0.15) is 290 Å². The van der Waals surface area contributed by atoms with Crippen LogP contribution < -0.4 is 58.9 Å². The third-order valence-electron chi connectivity index (χ3n) is 32.7. The molecular weight excluding hydrogens is 1900 g/mol. The highest BCUT2D eigenvalue weighted by molar-refractivity contribution is 6.39. The molecule has 5 saturated carbocycles. The lowest BCUT2D eigenvalue weighted by atomic mass is 9.78. The van der Waals surface area contributed by atoms with Gasteiger partial charge in [-0.3, -0.25) is 106 Å². The molecule has 12 N–H and O–H groups in total. The van der Waals surface area contributed by atoms with Gasteiger partial charge < -0.3 is 73.6 Å². The summed E-state index contributed by atoms with van der Waals surface area (Å²) < 4.78 is 0. The average Bonchev–Trinajstić information content (AvgIpc) is 1.53. The third-order valence-corrected chi connectivity index (χ3v) is 32.7. The first-order valence-electron chi connectivity index (χ1n) is 52.5. The smallest absolute Gasteiger partial charge is 0.315 e. The zero-order valence-electron chi connectivity index (χ0n) is 91.3. The minimum atomic E-state index is -1.19. The number of Topliss-reactive ketones (excluding diaryl/α,β-unsaturated/α-hetero) is 3. The summed E-state index contributed by atoms with van der Waals surface area (Å²) in [4.78, 5) is 287. The van der Waals surface area contributed by atoms with E-state index in [9.17, 15) is 101 Å². The molecule has 148 heavy (non-hydrogen) atoms. The Bertz CT molecular complexity index is 5340. The molecule has 5 aliphatic carbocycles. The largest absolute Gasteiger partial charge is 0.363 e. The summed E-state index contributed by atoms with van der Waals surface area (Å²) in [5, 5.41) is 27.8. The molecule has 38 heteroatoms. The summed E-state index contributed by atoms with van der Waals surface area (Å²) in [6.45, 7) is 54.1.